The third kappa shape index (κ3) is 7.81. The van der Waals surface area contributed by atoms with E-state index in [0.29, 0.717) is 18.0 Å². The van der Waals surface area contributed by atoms with E-state index in [-0.39, 0.29) is 0 Å². The summed E-state index contributed by atoms with van der Waals surface area (Å²) in [5.74, 6) is 2.61. The zero-order valence-corrected chi connectivity index (χ0v) is 20.1. The highest BCUT2D eigenvalue weighted by molar-refractivity contribution is 7.98. The Labute approximate surface area is 181 Å². The fraction of sp³-hybridized carbons (Fsp3) is 0.857. The summed E-state index contributed by atoms with van der Waals surface area (Å²) in [5.41, 5.74) is 0. The lowest BCUT2D eigenvalue weighted by atomic mass is 10.0. The first-order chi connectivity index (χ1) is 13.9. The van der Waals surface area contributed by atoms with Gasteiger partial charge in [0.05, 0.1) is 0 Å². The lowest BCUT2D eigenvalue weighted by Crippen LogP contribution is -2.49. The summed E-state index contributed by atoms with van der Waals surface area (Å²) in [6, 6.07) is 1.16. The van der Waals surface area contributed by atoms with E-state index in [4.69, 9.17) is 4.99 Å². The molecule has 1 aromatic heterocycles. The maximum atomic E-state index is 4.81. The van der Waals surface area contributed by atoms with Crippen molar-refractivity contribution >= 4 is 17.7 Å². The summed E-state index contributed by atoms with van der Waals surface area (Å²) >= 11 is 1.67. The highest BCUT2D eigenvalue weighted by Crippen LogP contribution is 2.17. The van der Waals surface area contributed by atoms with E-state index in [0.717, 1.165) is 62.5 Å². The maximum absolute atomic E-state index is 4.81. The van der Waals surface area contributed by atoms with Gasteiger partial charge in [0.2, 0.25) is 0 Å². The minimum absolute atomic E-state index is 0.515. The van der Waals surface area contributed by atoms with Crippen molar-refractivity contribution in [2.45, 2.75) is 84.1 Å². The molecule has 1 fully saturated rings. The Hall–Kier alpha value is -1.28. The molecular weight excluding hydrogens is 382 g/mol. The summed E-state index contributed by atoms with van der Waals surface area (Å²) in [4.78, 5) is 7.37. The van der Waals surface area contributed by atoms with E-state index < -0.39 is 0 Å². The predicted molar refractivity (Wildman–Crippen MR) is 124 cm³/mol. The van der Waals surface area contributed by atoms with Crippen molar-refractivity contribution in [1.29, 1.82) is 0 Å². The van der Waals surface area contributed by atoms with E-state index in [2.05, 4.69) is 71.2 Å². The second-order valence-corrected chi connectivity index (χ2v) is 9.29. The van der Waals surface area contributed by atoms with Crippen LogP contribution in [0.2, 0.25) is 0 Å². The van der Waals surface area contributed by atoms with Crippen molar-refractivity contribution in [3.05, 3.63) is 5.82 Å². The number of piperidine rings is 1. The van der Waals surface area contributed by atoms with Gasteiger partial charge in [-0.1, -0.05) is 25.6 Å². The van der Waals surface area contributed by atoms with Crippen molar-refractivity contribution in [2.75, 3.05) is 32.4 Å². The molecule has 2 N–H and O–H groups in total. The molecule has 1 aromatic rings. The normalized spacial score (nSPS) is 16.8. The number of guanidine groups is 1. The molecule has 0 radical (unpaired) electrons. The number of thioether (sulfide) groups is 1. The summed E-state index contributed by atoms with van der Waals surface area (Å²) in [6.45, 7) is 16.1. The lowest BCUT2D eigenvalue weighted by molar-refractivity contribution is 0.167. The molecule has 7 nitrogen and oxygen atoms in total. The minimum atomic E-state index is 0.515. The molecule has 1 saturated heterocycles. The van der Waals surface area contributed by atoms with Crippen LogP contribution in [0.5, 0.6) is 0 Å². The molecule has 0 unspecified atom stereocenters. The van der Waals surface area contributed by atoms with Crippen molar-refractivity contribution in [2.24, 2.45) is 10.9 Å². The molecule has 0 saturated carbocycles. The van der Waals surface area contributed by atoms with Crippen LogP contribution in [0, 0.1) is 5.92 Å². The summed E-state index contributed by atoms with van der Waals surface area (Å²) in [7, 11) is 0. The van der Waals surface area contributed by atoms with Crippen molar-refractivity contribution in [3.63, 3.8) is 0 Å². The average molecular weight is 424 g/mol. The van der Waals surface area contributed by atoms with E-state index in [1.807, 2.05) is 0 Å². The number of hydrogen-bond donors (Lipinski definition) is 2. The van der Waals surface area contributed by atoms with Gasteiger partial charge in [-0.25, -0.2) is 0 Å². The number of likely N-dealkylation sites (tertiary alicyclic amines) is 1. The third-order valence-electron chi connectivity index (χ3n) is 5.30. The maximum Gasteiger partial charge on any atom is 0.191 e. The van der Waals surface area contributed by atoms with E-state index in [9.17, 15) is 0 Å². The summed E-state index contributed by atoms with van der Waals surface area (Å²) in [5, 5.41) is 16.8. The highest BCUT2D eigenvalue weighted by atomic mass is 32.2. The molecule has 0 spiro atoms. The Balaban J connectivity index is 1.84. The SMILES string of the molecule is CCNC(=NCCCc1nnc(SC)n1CC(C)C)NC1CCN(C(C)C)CC1. The minimum Gasteiger partial charge on any atom is -0.357 e. The van der Waals surface area contributed by atoms with Gasteiger partial charge >= 0.3 is 0 Å². The molecule has 166 valence electrons. The van der Waals surface area contributed by atoms with Crippen LogP contribution in [-0.4, -0.2) is 70.1 Å². The van der Waals surface area contributed by atoms with Crippen LogP contribution in [0.1, 0.15) is 59.7 Å². The van der Waals surface area contributed by atoms with E-state index in [1.165, 1.54) is 12.8 Å². The molecule has 2 heterocycles. The Morgan fingerprint density at radius 1 is 1.21 bits per heavy atom. The predicted octanol–water partition coefficient (Wildman–Crippen LogP) is 3.02. The Morgan fingerprint density at radius 2 is 1.93 bits per heavy atom. The average Bonchev–Trinajstić information content (AvgIpc) is 3.06. The quantitative estimate of drug-likeness (QED) is 0.261. The molecule has 0 amide bonds. The second kappa shape index (κ2) is 12.4. The molecule has 0 atom stereocenters. The standard InChI is InChI=1S/C21H41N7S/c1-7-22-20(24-18-10-13-27(14-11-18)17(4)5)23-12-8-9-19-25-26-21(29-6)28(19)15-16(2)3/h16-18H,7-15H2,1-6H3,(H2,22,23,24). The van der Waals surface area contributed by atoms with Crippen LogP contribution in [0.4, 0.5) is 0 Å². The van der Waals surface area contributed by atoms with Crippen LogP contribution < -0.4 is 10.6 Å². The fourth-order valence-electron chi connectivity index (χ4n) is 3.71. The first-order valence-electron chi connectivity index (χ1n) is 11.2. The van der Waals surface area contributed by atoms with Crippen LogP contribution >= 0.6 is 11.8 Å². The number of rotatable bonds is 10. The van der Waals surface area contributed by atoms with Gasteiger partial charge < -0.3 is 20.1 Å². The molecule has 1 aliphatic heterocycles. The highest BCUT2D eigenvalue weighted by Gasteiger charge is 2.21. The fourth-order valence-corrected chi connectivity index (χ4v) is 4.23. The van der Waals surface area contributed by atoms with Gasteiger partial charge in [0.15, 0.2) is 11.1 Å². The van der Waals surface area contributed by atoms with Crippen LogP contribution in [0.25, 0.3) is 0 Å². The Kier molecular flexibility index (Phi) is 10.3. The topological polar surface area (TPSA) is 70.4 Å². The van der Waals surface area contributed by atoms with Gasteiger partial charge in [0.1, 0.15) is 5.82 Å². The molecule has 1 aliphatic rings. The number of aliphatic imine (C=N–C) groups is 1. The summed E-state index contributed by atoms with van der Waals surface area (Å²) in [6.07, 6.45) is 6.31. The molecule has 0 bridgehead atoms. The van der Waals surface area contributed by atoms with Crippen LogP contribution in [0.15, 0.2) is 10.1 Å². The molecule has 29 heavy (non-hydrogen) atoms. The smallest absolute Gasteiger partial charge is 0.191 e. The number of nitrogens with one attached hydrogen (secondary N) is 2. The van der Waals surface area contributed by atoms with Crippen molar-refractivity contribution < 1.29 is 0 Å². The Bertz CT molecular complexity index is 619. The van der Waals surface area contributed by atoms with Gasteiger partial charge in [-0.05, 0) is 52.2 Å². The van der Waals surface area contributed by atoms with Gasteiger partial charge in [0, 0.05) is 51.2 Å². The zero-order valence-electron chi connectivity index (χ0n) is 19.2. The van der Waals surface area contributed by atoms with E-state index in [1.54, 1.807) is 11.8 Å². The number of hydrogen-bond acceptors (Lipinski definition) is 5. The second-order valence-electron chi connectivity index (χ2n) is 8.52. The Morgan fingerprint density at radius 3 is 2.52 bits per heavy atom. The van der Waals surface area contributed by atoms with Gasteiger partial charge in [-0.2, -0.15) is 0 Å². The first-order valence-corrected chi connectivity index (χ1v) is 12.4. The van der Waals surface area contributed by atoms with Crippen molar-refractivity contribution in [3.8, 4) is 0 Å². The van der Waals surface area contributed by atoms with Gasteiger partial charge in [-0.3, -0.25) is 4.99 Å². The molecule has 0 aliphatic carbocycles. The van der Waals surface area contributed by atoms with Crippen LogP contribution in [-0.2, 0) is 13.0 Å². The molecular formula is C21H41N7S. The number of aryl methyl sites for hydroxylation is 1. The van der Waals surface area contributed by atoms with Crippen molar-refractivity contribution in [1.82, 2.24) is 30.3 Å². The van der Waals surface area contributed by atoms with Crippen LogP contribution in [0.3, 0.4) is 0 Å². The zero-order chi connectivity index (χ0) is 21.2. The largest absolute Gasteiger partial charge is 0.357 e. The third-order valence-corrected chi connectivity index (χ3v) is 5.96. The molecule has 8 heteroatoms. The van der Waals surface area contributed by atoms with E-state index >= 15 is 0 Å². The molecule has 0 aromatic carbocycles. The van der Waals surface area contributed by atoms with Gasteiger partial charge in [-0.15, -0.1) is 10.2 Å². The number of aromatic nitrogens is 3. The first kappa shape index (κ1) is 24.0. The molecule has 2 rings (SSSR count). The summed E-state index contributed by atoms with van der Waals surface area (Å²) < 4.78 is 2.27. The number of nitrogens with zero attached hydrogens (tertiary/aromatic N) is 5. The lowest BCUT2D eigenvalue weighted by Gasteiger charge is -2.35. The monoisotopic (exact) mass is 423 g/mol. The van der Waals surface area contributed by atoms with Gasteiger partial charge in [0.25, 0.3) is 0 Å².